The van der Waals surface area contributed by atoms with Gasteiger partial charge in [-0.3, -0.25) is 0 Å². The summed E-state index contributed by atoms with van der Waals surface area (Å²) >= 11 is 0. The maximum Gasteiger partial charge on any atom is 0.0948 e. The minimum absolute atomic E-state index is 0.0859. The standard InChI is InChI=1S/C10H19N3O2/c1-2-13-9-12-8-10(13)7-11-3-5-15-6-4-14/h8-9,11,14H,2-7H2,1H3. The first kappa shape index (κ1) is 12.2. The van der Waals surface area contributed by atoms with Crippen LogP contribution in [0.1, 0.15) is 12.6 Å². The molecule has 15 heavy (non-hydrogen) atoms. The Kier molecular flexibility index (Phi) is 5.99. The number of hydrogen-bond acceptors (Lipinski definition) is 4. The lowest BCUT2D eigenvalue weighted by atomic mass is 10.4. The Morgan fingerprint density at radius 1 is 1.53 bits per heavy atom. The number of hydrogen-bond donors (Lipinski definition) is 2. The predicted molar refractivity (Wildman–Crippen MR) is 57.5 cm³/mol. The van der Waals surface area contributed by atoms with Crippen LogP contribution in [0.15, 0.2) is 12.5 Å². The molecule has 1 aromatic heterocycles. The average Bonchev–Trinajstić information content (AvgIpc) is 2.70. The lowest BCUT2D eigenvalue weighted by Crippen LogP contribution is -2.21. The van der Waals surface area contributed by atoms with E-state index >= 15 is 0 Å². The molecule has 1 aromatic rings. The van der Waals surface area contributed by atoms with Gasteiger partial charge in [-0.05, 0) is 6.92 Å². The van der Waals surface area contributed by atoms with Gasteiger partial charge in [0.15, 0.2) is 0 Å². The van der Waals surface area contributed by atoms with Gasteiger partial charge in [0, 0.05) is 25.8 Å². The number of aliphatic hydroxyl groups is 1. The van der Waals surface area contributed by atoms with Crippen molar-refractivity contribution in [3.8, 4) is 0 Å². The van der Waals surface area contributed by atoms with Gasteiger partial charge < -0.3 is 19.7 Å². The Morgan fingerprint density at radius 2 is 2.40 bits per heavy atom. The second-order valence-corrected chi connectivity index (χ2v) is 3.18. The van der Waals surface area contributed by atoms with E-state index in [9.17, 15) is 0 Å². The van der Waals surface area contributed by atoms with E-state index in [0.29, 0.717) is 13.2 Å². The van der Waals surface area contributed by atoms with Crippen LogP contribution in [0, 0.1) is 0 Å². The van der Waals surface area contributed by atoms with Gasteiger partial charge in [0.05, 0.1) is 31.8 Å². The van der Waals surface area contributed by atoms with E-state index in [1.807, 2.05) is 12.5 Å². The van der Waals surface area contributed by atoms with E-state index in [-0.39, 0.29) is 6.61 Å². The number of imidazole rings is 1. The monoisotopic (exact) mass is 213 g/mol. The molecule has 0 aliphatic rings. The minimum Gasteiger partial charge on any atom is -0.394 e. The van der Waals surface area contributed by atoms with Crippen molar-refractivity contribution in [1.82, 2.24) is 14.9 Å². The fraction of sp³-hybridized carbons (Fsp3) is 0.700. The molecule has 5 heteroatoms. The zero-order chi connectivity index (χ0) is 10.9. The molecule has 0 bridgehead atoms. The van der Waals surface area contributed by atoms with Crippen LogP contribution in [0.2, 0.25) is 0 Å². The van der Waals surface area contributed by atoms with E-state index < -0.39 is 0 Å². The topological polar surface area (TPSA) is 59.3 Å². The third kappa shape index (κ3) is 4.42. The molecule has 0 fully saturated rings. The molecule has 0 unspecified atom stereocenters. The second kappa shape index (κ2) is 7.39. The summed E-state index contributed by atoms with van der Waals surface area (Å²) in [5, 5.41) is 11.7. The van der Waals surface area contributed by atoms with Crippen molar-refractivity contribution < 1.29 is 9.84 Å². The maximum atomic E-state index is 8.48. The predicted octanol–water partition coefficient (Wildman–Crippen LogP) is 0.00150. The Morgan fingerprint density at radius 3 is 3.13 bits per heavy atom. The van der Waals surface area contributed by atoms with Gasteiger partial charge in [-0.1, -0.05) is 0 Å². The number of rotatable bonds is 8. The molecule has 0 aliphatic carbocycles. The minimum atomic E-state index is 0.0859. The molecule has 0 saturated carbocycles. The summed E-state index contributed by atoms with van der Waals surface area (Å²) in [5.74, 6) is 0. The summed E-state index contributed by atoms with van der Waals surface area (Å²) in [5.41, 5.74) is 1.18. The molecular weight excluding hydrogens is 194 g/mol. The highest BCUT2D eigenvalue weighted by molar-refractivity contribution is 4.97. The average molecular weight is 213 g/mol. The summed E-state index contributed by atoms with van der Waals surface area (Å²) in [6.07, 6.45) is 3.70. The van der Waals surface area contributed by atoms with Crippen molar-refractivity contribution in [3.05, 3.63) is 18.2 Å². The van der Waals surface area contributed by atoms with Crippen LogP contribution in [0.25, 0.3) is 0 Å². The van der Waals surface area contributed by atoms with Gasteiger partial charge in [-0.2, -0.15) is 0 Å². The van der Waals surface area contributed by atoms with Gasteiger partial charge in [0.2, 0.25) is 0 Å². The highest BCUT2D eigenvalue weighted by Gasteiger charge is 1.98. The van der Waals surface area contributed by atoms with Crippen molar-refractivity contribution in [1.29, 1.82) is 0 Å². The zero-order valence-corrected chi connectivity index (χ0v) is 9.15. The molecule has 86 valence electrons. The van der Waals surface area contributed by atoms with Gasteiger partial charge >= 0.3 is 0 Å². The van der Waals surface area contributed by atoms with Gasteiger partial charge in [-0.15, -0.1) is 0 Å². The number of ether oxygens (including phenoxy) is 1. The van der Waals surface area contributed by atoms with Crippen LogP contribution in [-0.4, -0.2) is 41.0 Å². The summed E-state index contributed by atoms with van der Waals surface area (Å²) < 4.78 is 7.22. The highest BCUT2D eigenvalue weighted by atomic mass is 16.5. The SMILES string of the molecule is CCn1cncc1CNCCOCCO. The molecule has 1 heterocycles. The fourth-order valence-corrected chi connectivity index (χ4v) is 1.31. The highest BCUT2D eigenvalue weighted by Crippen LogP contribution is 1.97. The van der Waals surface area contributed by atoms with Gasteiger partial charge in [-0.25, -0.2) is 4.98 Å². The summed E-state index contributed by atoms with van der Waals surface area (Å²) in [6, 6.07) is 0. The largest absolute Gasteiger partial charge is 0.394 e. The maximum absolute atomic E-state index is 8.48. The zero-order valence-electron chi connectivity index (χ0n) is 9.15. The van der Waals surface area contributed by atoms with Crippen LogP contribution in [0.5, 0.6) is 0 Å². The van der Waals surface area contributed by atoms with Crippen molar-refractivity contribution in [2.45, 2.75) is 20.0 Å². The molecule has 5 nitrogen and oxygen atoms in total. The number of aliphatic hydroxyl groups excluding tert-OH is 1. The quantitative estimate of drug-likeness (QED) is 0.597. The van der Waals surface area contributed by atoms with Crippen molar-refractivity contribution in [3.63, 3.8) is 0 Å². The number of nitrogens with one attached hydrogen (secondary N) is 1. The number of aromatic nitrogens is 2. The Bertz CT molecular complexity index is 263. The smallest absolute Gasteiger partial charge is 0.0948 e. The third-order valence-electron chi connectivity index (χ3n) is 2.10. The third-order valence-corrected chi connectivity index (χ3v) is 2.10. The van der Waals surface area contributed by atoms with Crippen molar-refractivity contribution >= 4 is 0 Å². The molecular formula is C10H19N3O2. The summed E-state index contributed by atoms with van der Waals surface area (Å²) in [4.78, 5) is 4.08. The Labute approximate surface area is 90.1 Å². The number of nitrogens with zero attached hydrogens (tertiary/aromatic N) is 2. The molecule has 0 amide bonds. The van der Waals surface area contributed by atoms with Crippen molar-refractivity contribution in [2.24, 2.45) is 0 Å². The van der Waals surface area contributed by atoms with E-state index in [1.165, 1.54) is 5.69 Å². The first-order valence-electron chi connectivity index (χ1n) is 5.26. The lowest BCUT2D eigenvalue weighted by molar-refractivity contribution is 0.0937. The van der Waals surface area contributed by atoms with Crippen molar-refractivity contribution in [2.75, 3.05) is 26.4 Å². The van der Waals surface area contributed by atoms with E-state index in [0.717, 1.165) is 19.6 Å². The molecule has 2 N–H and O–H groups in total. The van der Waals surface area contributed by atoms with E-state index in [2.05, 4.69) is 21.8 Å². The molecule has 0 spiro atoms. The molecule has 1 rings (SSSR count). The molecule has 0 atom stereocenters. The van der Waals surface area contributed by atoms with E-state index in [4.69, 9.17) is 9.84 Å². The van der Waals surface area contributed by atoms with Crippen LogP contribution in [0.3, 0.4) is 0 Å². The van der Waals surface area contributed by atoms with E-state index in [1.54, 1.807) is 0 Å². The molecule has 0 aromatic carbocycles. The van der Waals surface area contributed by atoms with Crippen LogP contribution in [0.4, 0.5) is 0 Å². The fourth-order valence-electron chi connectivity index (χ4n) is 1.31. The van der Waals surface area contributed by atoms with Crippen LogP contribution in [-0.2, 0) is 17.8 Å². The van der Waals surface area contributed by atoms with Crippen LogP contribution < -0.4 is 5.32 Å². The van der Waals surface area contributed by atoms with Gasteiger partial charge in [0.1, 0.15) is 0 Å². The second-order valence-electron chi connectivity index (χ2n) is 3.18. The normalized spacial score (nSPS) is 10.8. The number of aryl methyl sites for hydroxylation is 1. The molecule has 0 saturated heterocycles. The summed E-state index contributed by atoms with van der Waals surface area (Å²) in [7, 11) is 0. The Hall–Kier alpha value is -0.910. The van der Waals surface area contributed by atoms with Crippen LogP contribution >= 0.6 is 0 Å². The first-order valence-corrected chi connectivity index (χ1v) is 5.26. The Balaban J connectivity index is 2.09. The molecule has 0 aliphatic heterocycles. The first-order chi connectivity index (χ1) is 7.38. The summed E-state index contributed by atoms with van der Waals surface area (Å²) in [6.45, 7) is 5.75. The molecule has 0 radical (unpaired) electrons. The van der Waals surface area contributed by atoms with Gasteiger partial charge in [0.25, 0.3) is 0 Å². The lowest BCUT2D eigenvalue weighted by Gasteiger charge is -2.07.